The van der Waals surface area contributed by atoms with Gasteiger partial charge in [-0.1, -0.05) is 18.2 Å². The van der Waals surface area contributed by atoms with Gasteiger partial charge in [0.1, 0.15) is 0 Å². The Morgan fingerprint density at radius 3 is 2.84 bits per heavy atom. The molecule has 2 aromatic rings. The van der Waals surface area contributed by atoms with E-state index < -0.39 is 0 Å². The average Bonchev–Trinajstić information content (AvgIpc) is 2.84. The van der Waals surface area contributed by atoms with Gasteiger partial charge in [0.15, 0.2) is 0 Å². The SMILES string of the molecule is COCCc1ccccc1NC(C)c1cc(Br)cs1. The Kier molecular flexibility index (Phi) is 5.43. The Morgan fingerprint density at radius 1 is 1.37 bits per heavy atom. The van der Waals surface area contributed by atoms with E-state index in [1.165, 1.54) is 16.1 Å². The second-order valence-corrected chi connectivity index (χ2v) is 6.29. The highest BCUT2D eigenvalue weighted by molar-refractivity contribution is 9.10. The van der Waals surface area contributed by atoms with Crippen molar-refractivity contribution in [1.82, 2.24) is 0 Å². The normalized spacial score (nSPS) is 12.4. The predicted molar refractivity (Wildman–Crippen MR) is 86.1 cm³/mol. The van der Waals surface area contributed by atoms with Crippen LogP contribution in [0.5, 0.6) is 0 Å². The molecule has 4 heteroatoms. The molecule has 1 N–H and O–H groups in total. The Bertz CT molecular complexity index is 526. The van der Waals surface area contributed by atoms with Crippen LogP contribution in [-0.4, -0.2) is 13.7 Å². The first-order valence-electron chi connectivity index (χ1n) is 6.28. The molecule has 19 heavy (non-hydrogen) atoms. The average molecular weight is 340 g/mol. The van der Waals surface area contributed by atoms with Gasteiger partial charge in [-0.3, -0.25) is 0 Å². The van der Waals surface area contributed by atoms with Crippen LogP contribution >= 0.6 is 27.3 Å². The van der Waals surface area contributed by atoms with E-state index in [-0.39, 0.29) is 0 Å². The number of rotatable bonds is 6. The summed E-state index contributed by atoms with van der Waals surface area (Å²) in [6, 6.07) is 10.9. The molecule has 0 amide bonds. The summed E-state index contributed by atoms with van der Waals surface area (Å²) in [5.41, 5.74) is 2.49. The van der Waals surface area contributed by atoms with Gasteiger partial charge >= 0.3 is 0 Å². The molecule has 0 aliphatic carbocycles. The molecule has 0 fully saturated rings. The largest absolute Gasteiger partial charge is 0.384 e. The maximum Gasteiger partial charge on any atom is 0.0578 e. The molecule has 1 unspecified atom stereocenters. The van der Waals surface area contributed by atoms with Gasteiger partial charge in [-0.25, -0.2) is 0 Å². The molecule has 0 aliphatic rings. The summed E-state index contributed by atoms with van der Waals surface area (Å²) in [6.45, 7) is 2.93. The minimum atomic E-state index is 0.306. The lowest BCUT2D eigenvalue weighted by Crippen LogP contribution is -2.08. The summed E-state index contributed by atoms with van der Waals surface area (Å²) in [6.07, 6.45) is 0.931. The maximum atomic E-state index is 5.16. The summed E-state index contributed by atoms with van der Waals surface area (Å²) in [5.74, 6) is 0. The number of halogens is 1. The summed E-state index contributed by atoms with van der Waals surface area (Å²) in [4.78, 5) is 1.33. The standard InChI is InChI=1S/C15H18BrNOS/c1-11(15-9-13(16)10-19-15)17-14-6-4-3-5-12(14)7-8-18-2/h3-6,9-11,17H,7-8H2,1-2H3. The number of ether oxygens (including phenoxy) is 1. The first-order valence-corrected chi connectivity index (χ1v) is 7.95. The second-order valence-electron chi connectivity index (χ2n) is 4.43. The Morgan fingerprint density at radius 2 is 2.16 bits per heavy atom. The van der Waals surface area contributed by atoms with E-state index in [0.29, 0.717) is 6.04 Å². The van der Waals surface area contributed by atoms with E-state index in [9.17, 15) is 0 Å². The molecule has 0 aliphatic heterocycles. The number of methoxy groups -OCH3 is 1. The van der Waals surface area contributed by atoms with E-state index in [2.05, 4.69) is 63.9 Å². The zero-order chi connectivity index (χ0) is 13.7. The number of benzene rings is 1. The fourth-order valence-electron chi connectivity index (χ4n) is 1.95. The molecule has 1 atom stereocenters. The Labute approximate surface area is 126 Å². The second kappa shape index (κ2) is 7.08. The van der Waals surface area contributed by atoms with E-state index in [0.717, 1.165) is 17.5 Å². The molecule has 0 bridgehead atoms. The fraction of sp³-hybridized carbons (Fsp3) is 0.333. The molecule has 1 aromatic heterocycles. The summed E-state index contributed by atoms with van der Waals surface area (Å²) in [5, 5.41) is 5.70. The smallest absolute Gasteiger partial charge is 0.0578 e. The summed E-state index contributed by atoms with van der Waals surface area (Å²) >= 11 is 5.27. The van der Waals surface area contributed by atoms with Gasteiger partial charge in [-0.2, -0.15) is 0 Å². The fourth-order valence-corrected chi connectivity index (χ4v) is 3.40. The van der Waals surface area contributed by atoms with E-state index >= 15 is 0 Å². The van der Waals surface area contributed by atoms with Gasteiger partial charge in [0.05, 0.1) is 12.6 Å². The van der Waals surface area contributed by atoms with E-state index in [1.54, 1.807) is 18.4 Å². The highest BCUT2D eigenvalue weighted by atomic mass is 79.9. The van der Waals surface area contributed by atoms with Crippen LogP contribution < -0.4 is 5.32 Å². The van der Waals surface area contributed by atoms with Crippen molar-refractivity contribution < 1.29 is 4.74 Å². The lowest BCUT2D eigenvalue weighted by atomic mass is 10.1. The van der Waals surface area contributed by atoms with Crippen molar-refractivity contribution in [2.75, 3.05) is 19.0 Å². The third kappa shape index (κ3) is 4.06. The third-order valence-electron chi connectivity index (χ3n) is 2.98. The lowest BCUT2D eigenvalue weighted by Gasteiger charge is -2.17. The monoisotopic (exact) mass is 339 g/mol. The molecule has 0 saturated heterocycles. The van der Waals surface area contributed by atoms with Gasteiger partial charge in [-0.05, 0) is 47.0 Å². The summed E-state index contributed by atoms with van der Waals surface area (Å²) in [7, 11) is 1.74. The number of para-hydroxylation sites is 1. The first kappa shape index (κ1) is 14.6. The van der Waals surface area contributed by atoms with Crippen LogP contribution in [0.3, 0.4) is 0 Å². The molecule has 1 aromatic carbocycles. The maximum absolute atomic E-state index is 5.16. The quantitative estimate of drug-likeness (QED) is 0.810. The van der Waals surface area contributed by atoms with Gasteiger partial charge in [0.2, 0.25) is 0 Å². The number of thiophene rings is 1. The minimum absolute atomic E-state index is 0.306. The molecule has 0 saturated carbocycles. The predicted octanol–water partition coefficient (Wildman–Crippen LogP) is 4.87. The number of hydrogen-bond donors (Lipinski definition) is 1. The zero-order valence-corrected chi connectivity index (χ0v) is 13.6. The van der Waals surface area contributed by atoms with Crippen LogP contribution in [-0.2, 0) is 11.2 Å². The highest BCUT2D eigenvalue weighted by Gasteiger charge is 2.10. The molecule has 0 spiro atoms. The van der Waals surface area contributed by atoms with Crippen LogP contribution in [0, 0.1) is 0 Å². The molecule has 102 valence electrons. The number of nitrogens with one attached hydrogen (secondary N) is 1. The van der Waals surface area contributed by atoms with Crippen molar-refractivity contribution >= 4 is 33.0 Å². The van der Waals surface area contributed by atoms with Crippen molar-refractivity contribution in [3.8, 4) is 0 Å². The van der Waals surface area contributed by atoms with Crippen molar-refractivity contribution in [2.24, 2.45) is 0 Å². The molecule has 0 radical (unpaired) electrons. The first-order chi connectivity index (χ1) is 9.20. The Balaban J connectivity index is 2.09. The van der Waals surface area contributed by atoms with Gasteiger partial charge in [-0.15, -0.1) is 11.3 Å². The van der Waals surface area contributed by atoms with Gasteiger partial charge in [0, 0.05) is 27.5 Å². The van der Waals surface area contributed by atoms with Crippen molar-refractivity contribution in [2.45, 2.75) is 19.4 Å². The molecule has 2 nitrogen and oxygen atoms in total. The van der Waals surface area contributed by atoms with Crippen molar-refractivity contribution in [3.05, 3.63) is 50.6 Å². The van der Waals surface area contributed by atoms with Crippen molar-refractivity contribution in [3.63, 3.8) is 0 Å². The minimum Gasteiger partial charge on any atom is -0.384 e. The number of anilines is 1. The topological polar surface area (TPSA) is 21.3 Å². The lowest BCUT2D eigenvalue weighted by molar-refractivity contribution is 0.202. The van der Waals surface area contributed by atoms with Crippen LogP contribution in [0.25, 0.3) is 0 Å². The summed E-state index contributed by atoms with van der Waals surface area (Å²) < 4.78 is 6.31. The van der Waals surface area contributed by atoms with Crippen LogP contribution in [0.15, 0.2) is 40.2 Å². The van der Waals surface area contributed by atoms with Gasteiger partial charge < -0.3 is 10.1 Å². The molecule has 1 heterocycles. The third-order valence-corrected chi connectivity index (χ3v) is 4.86. The van der Waals surface area contributed by atoms with Crippen LogP contribution in [0.2, 0.25) is 0 Å². The van der Waals surface area contributed by atoms with Gasteiger partial charge in [0.25, 0.3) is 0 Å². The Hall–Kier alpha value is -0.840. The van der Waals surface area contributed by atoms with Crippen molar-refractivity contribution in [1.29, 1.82) is 0 Å². The zero-order valence-electron chi connectivity index (χ0n) is 11.2. The molecular formula is C15H18BrNOS. The number of hydrogen-bond acceptors (Lipinski definition) is 3. The van der Waals surface area contributed by atoms with Crippen LogP contribution in [0.4, 0.5) is 5.69 Å². The van der Waals surface area contributed by atoms with E-state index in [1.807, 2.05) is 0 Å². The molecule has 2 rings (SSSR count). The molecular weight excluding hydrogens is 322 g/mol. The van der Waals surface area contributed by atoms with E-state index in [4.69, 9.17) is 4.74 Å². The van der Waals surface area contributed by atoms with Crippen LogP contribution in [0.1, 0.15) is 23.4 Å². The highest BCUT2D eigenvalue weighted by Crippen LogP contribution is 2.29.